The van der Waals surface area contributed by atoms with E-state index in [9.17, 15) is 0 Å². The molecule has 0 N–H and O–H groups in total. The molecule has 0 aliphatic carbocycles. The first-order chi connectivity index (χ1) is 24.8. The van der Waals surface area contributed by atoms with Gasteiger partial charge in [0.1, 0.15) is 12.1 Å². The van der Waals surface area contributed by atoms with Crippen LogP contribution in [0, 0.1) is 27.7 Å². The summed E-state index contributed by atoms with van der Waals surface area (Å²) >= 11 is 0. The first-order valence-corrected chi connectivity index (χ1v) is 17.7. The van der Waals surface area contributed by atoms with Crippen LogP contribution in [0.4, 0.5) is 0 Å². The molecule has 0 radical (unpaired) electrons. The van der Waals surface area contributed by atoms with Crippen LogP contribution < -0.4 is 34.0 Å². The molecule has 0 saturated heterocycles. The topological polar surface area (TPSA) is 43.2 Å². The van der Waals surface area contributed by atoms with Crippen LogP contribution in [-0.2, 0) is 37.2 Å². The second-order valence-electron chi connectivity index (χ2n) is 14.0. The van der Waals surface area contributed by atoms with Crippen LogP contribution in [0.25, 0.3) is 0 Å². The van der Waals surface area contributed by atoms with Gasteiger partial charge in [-0.2, -0.15) is 0 Å². The minimum absolute atomic E-state index is 0. The Morgan fingerprint density at radius 1 is 0.407 bits per heavy atom. The Labute approximate surface area is 350 Å². The molecule has 0 amide bonds. The molecule has 0 fully saturated rings. The quantitative estimate of drug-likeness (QED) is 0.206. The standard InChI is InChI=1S/C47H42N2O2.2BrH.Ni/c1-32-15-23-38(24-16-32)46(39-25-17-33(2)18-26-39)44(36-11-7-5-8-12-36)48-42(50-46)31-43-49-45(37-13-9-6-10-14-37)47(51-43,40-27-19-34(3)20-28-40)41-29-21-35(4)22-30-41;;;/h5-30,44-45H,31H2,1-4H3;2*1H;/q;;;+2/p-2/t44-,45-;;;/m1.../s1. The number of hydrogen-bond acceptors (Lipinski definition) is 4. The van der Waals surface area contributed by atoms with Crippen molar-refractivity contribution in [2.24, 2.45) is 9.98 Å². The molecule has 4 nitrogen and oxygen atoms in total. The molecule has 0 unspecified atom stereocenters. The van der Waals surface area contributed by atoms with Crippen molar-refractivity contribution in [1.29, 1.82) is 0 Å². The third-order valence-electron chi connectivity index (χ3n) is 10.3. The SMILES string of the molecule is Cc1ccc(C2(c3ccc(C)cc3)OC(CC3=N[C@H](c4ccccc4)C(c4ccc(C)cc4)(c4ccc(C)cc4)O3)=N[C@@H]2c2ccccc2)cc1.[Br-].[Br-].[Ni+2]. The number of ether oxygens (including phenoxy) is 2. The Morgan fingerprint density at radius 3 is 0.926 bits per heavy atom. The summed E-state index contributed by atoms with van der Waals surface area (Å²) in [5, 5.41) is 0. The van der Waals surface area contributed by atoms with Crippen LogP contribution in [0.3, 0.4) is 0 Å². The van der Waals surface area contributed by atoms with Gasteiger partial charge in [0.2, 0.25) is 0 Å². The van der Waals surface area contributed by atoms with Gasteiger partial charge in [-0.15, -0.1) is 0 Å². The third-order valence-corrected chi connectivity index (χ3v) is 10.3. The monoisotopic (exact) mass is 882 g/mol. The van der Waals surface area contributed by atoms with Crippen molar-refractivity contribution in [1.82, 2.24) is 0 Å². The molecule has 7 heteroatoms. The summed E-state index contributed by atoms with van der Waals surface area (Å²) < 4.78 is 14.5. The smallest absolute Gasteiger partial charge is 1.00 e. The molecule has 2 aliphatic rings. The molecule has 0 aromatic heterocycles. The van der Waals surface area contributed by atoms with Gasteiger partial charge in [0.05, 0.1) is 6.42 Å². The molecule has 0 saturated carbocycles. The van der Waals surface area contributed by atoms with Gasteiger partial charge in [0.25, 0.3) is 0 Å². The molecule has 6 aromatic rings. The zero-order chi connectivity index (χ0) is 35.0. The normalized spacial score (nSPS) is 17.7. The number of nitrogens with zero attached hydrogens (tertiary/aromatic N) is 2. The number of aliphatic imine (C=N–C) groups is 2. The van der Waals surface area contributed by atoms with Gasteiger partial charge in [-0.3, -0.25) is 0 Å². The van der Waals surface area contributed by atoms with Crippen molar-refractivity contribution in [3.63, 3.8) is 0 Å². The molecule has 54 heavy (non-hydrogen) atoms. The molecule has 2 aliphatic heterocycles. The van der Waals surface area contributed by atoms with Crippen LogP contribution in [0.2, 0.25) is 0 Å². The first kappa shape index (κ1) is 40.9. The minimum Gasteiger partial charge on any atom is -1.00 e. The average molecular weight is 885 g/mol. The van der Waals surface area contributed by atoms with E-state index in [0.717, 1.165) is 33.4 Å². The zero-order valence-corrected chi connectivity index (χ0v) is 34.8. The van der Waals surface area contributed by atoms with Crippen molar-refractivity contribution < 1.29 is 59.9 Å². The molecule has 2 atom stereocenters. The predicted molar refractivity (Wildman–Crippen MR) is 206 cm³/mol. The molecule has 0 bridgehead atoms. The van der Waals surface area contributed by atoms with Crippen LogP contribution in [0.1, 0.15) is 74.1 Å². The molecule has 276 valence electrons. The molecule has 2 heterocycles. The fraction of sp³-hybridized carbons (Fsp3) is 0.191. The Kier molecular flexibility index (Phi) is 12.9. The Morgan fingerprint density at radius 2 is 0.667 bits per heavy atom. The fourth-order valence-electron chi connectivity index (χ4n) is 7.59. The summed E-state index contributed by atoms with van der Waals surface area (Å²) in [4.78, 5) is 10.8. The fourth-order valence-corrected chi connectivity index (χ4v) is 7.59. The van der Waals surface area contributed by atoms with E-state index in [2.05, 4.69) is 173 Å². The first-order valence-electron chi connectivity index (χ1n) is 17.7. The van der Waals surface area contributed by atoms with E-state index < -0.39 is 11.2 Å². The van der Waals surface area contributed by atoms with E-state index in [-0.39, 0.29) is 62.5 Å². The molecule has 6 aromatic carbocycles. The third kappa shape index (κ3) is 7.51. The van der Waals surface area contributed by atoms with Gasteiger partial charge in [-0.25, -0.2) is 9.98 Å². The maximum atomic E-state index is 7.27. The van der Waals surface area contributed by atoms with E-state index >= 15 is 0 Å². The zero-order valence-electron chi connectivity index (χ0n) is 30.7. The maximum absolute atomic E-state index is 7.27. The van der Waals surface area contributed by atoms with Crippen LogP contribution in [-0.4, -0.2) is 11.8 Å². The van der Waals surface area contributed by atoms with Crippen LogP contribution >= 0.6 is 0 Å². The maximum Gasteiger partial charge on any atom is 2.00 e. The van der Waals surface area contributed by atoms with E-state index in [1.165, 1.54) is 22.3 Å². The number of benzene rings is 6. The van der Waals surface area contributed by atoms with E-state index in [0.29, 0.717) is 18.2 Å². The summed E-state index contributed by atoms with van der Waals surface area (Å²) in [7, 11) is 0. The second kappa shape index (κ2) is 17.0. The van der Waals surface area contributed by atoms with Gasteiger partial charge in [0.15, 0.2) is 23.0 Å². The van der Waals surface area contributed by atoms with Crippen molar-refractivity contribution in [2.45, 2.75) is 57.4 Å². The summed E-state index contributed by atoms with van der Waals surface area (Å²) in [6.45, 7) is 8.45. The molecule has 0 spiro atoms. The van der Waals surface area contributed by atoms with Gasteiger partial charge in [-0.05, 0) is 38.8 Å². The Balaban J connectivity index is 0.00000187. The van der Waals surface area contributed by atoms with Gasteiger partial charge in [-0.1, -0.05) is 180 Å². The molecule has 8 rings (SSSR count). The van der Waals surface area contributed by atoms with Crippen molar-refractivity contribution >= 4 is 11.8 Å². The number of hydrogen-bond donors (Lipinski definition) is 0. The minimum atomic E-state index is -0.888. The van der Waals surface area contributed by atoms with Gasteiger partial charge < -0.3 is 43.4 Å². The second-order valence-corrected chi connectivity index (χ2v) is 14.0. The summed E-state index contributed by atoms with van der Waals surface area (Å²) in [5.41, 5.74) is 9.36. The van der Waals surface area contributed by atoms with Crippen molar-refractivity contribution in [3.05, 3.63) is 213 Å². The molecular weight excluding hydrogens is 843 g/mol. The van der Waals surface area contributed by atoms with Gasteiger partial charge >= 0.3 is 16.5 Å². The summed E-state index contributed by atoms with van der Waals surface area (Å²) in [5.74, 6) is 1.19. The molecular formula is C47H42Br2N2NiO2. The number of aryl methyl sites for hydroxylation is 4. The van der Waals surface area contributed by atoms with Crippen molar-refractivity contribution in [3.8, 4) is 0 Å². The Hall–Kier alpha value is -4.29. The Bertz CT molecular complexity index is 1950. The van der Waals surface area contributed by atoms with Gasteiger partial charge in [0, 0.05) is 22.3 Å². The number of rotatable bonds is 8. The van der Waals surface area contributed by atoms with E-state index in [4.69, 9.17) is 19.5 Å². The van der Waals surface area contributed by atoms with Crippen molar-refractivity contribution in [2.75, 3.05) is 0 Å². The predicted octanol–water partition coefficient (Wildman–Crippen LogP) is 4.84. The summed E-state index contributed by atoms with van der Waals surface area (Å²) in [6.07, 6.45) is 0.311. The van der Waals surface area contributed by atoms with E-state index in [1.807, 2.05) is 12.1 Å². The van der Waals surface area contributed by atoms with Crippen LogP contribution in [0.15, 0.2) is 168 Å². The summed E-state index contributed by atoms with van der Waals surface area (Å²) in [6, 6.07) is 55.0. The average Bonchev–Trinajstić information content (AvgIpc) is 3.74. The van der Waals surface area contributed by atoms with E-state index in [1.54, 1.807) is 0 Å². The largest absolute Gasteiger partial charge is 2.00 e. The number of halogens is 2. The van der Waals surface area contributed by atoms with Crippen LogP contribution in [0.5, 0.6) is 0 Å².